The Morgan fingerprint density at radius 3 is 2.53 bits per heavy atom. The highest BCUT2D eigenvalue weighted by atomic mass is 16.4. The van der Waals surface area contributed by atoms with Crippen LogP contribution in [0.5, 0.6) is 0 Å². The average Bonchev–Trinajstić information content (AvgIpc) is 3.17. The van der Waals surface area contributed by atoms with E-state index in [4.69, 9.17) is 10.2 Å². The van der Waals surface area contributed by atoms with Crippen molar-refractivity contribution in [3.05, 3.63) is 34.4 Å². The van der Waals surface area contributed by atoms with E-state index in [0.717, 1.165) is 63.4 Å². The van der Waals surface area contributed by atoms with Gasteiger partial charge in [-0.2, -0.15) is 0 Å². The molecule has 1 aromatic rings. The number of aliphatic hydroxyl groups is 2. The van der Waals surface area contributed by atoms with Crippen LogP contribution in [0.4, 0.5) is 0 Å². The Morgan fingerprint density at radius 2 is 1.87 bits per heavy atom. The molecule has 7 heteroatoms. The van der Waals surface area contributed by atoms with Gasteiger partial charge < -0.3 is 25.3 Å². The van der Waals surface area contributed by atoms with Crippen molar-refractivity contribution < 1.29 is 19.4 Å². The molecule has 4 aliphatic rings. The van der Waals surface area contributed by atoms with E-state index in [1.807, 2.05) is 24.8 Å². The smallest absolute Gasteiger partial charge is 0.335 e. The maximum Gasteiger partial charge on any atom is 0.335 e. The Morgan fingerprint density at radius 1 is 1.11 bits per heavy atom. The number of amides is 1. The van der Waals surface area contributed by atoms with Crippen molar-refractivity contribution in [1.82, 2.24) is 4.90 Å². The summed E-state index contributed by atoms with van der Waals surface area (Å²) in [5.74, 6) is 1.46. The molecule has 0 unspecified atom stereocenters. The van der Waals surface area contributed by atoms with Gasteiger partial charge in [0.25, 0.3) is 0 Å². The van der Waals surface area contributed by atoms with Crippen LogP contribution >= 0.6 is 0 Å². The lowest BCUT2D eigenvalue weighted by Gasteiger charge is -2.64. The van der Waals surface area contributed by atoms with Gasteiger partial charge in [-0.15, -0.1) is 0 Å². The molecule has 4 saturated carbocycles. The third kappa shape index (κ3) is 4.19. The molecule has 0 aromatic carbocycles. The van der Waals surface area contributed by atoms with Gasteiger partial charge in [-0.1, -0.05) is 27.7 Å². The van der Waals surface area contributed by atoms with Gasteiger partial charge in [0.15, 0.2) is 0 Å². The van der Waals surface area contributed by atoms with Crippen molar-refractivity contribution >= 4 is 5.91 Å². The summed E-state index contributed by atoms with van der Waals surface area (Å²) in [6.07, 6.45) is 10.4. The molecule has 9 atom stereocenters. The fourth-order valence-corrected chi connectivity index (χ4v) is 9.64. The maximum atomic E-state index is 13.2. The topological polar surface area (TPSA) is 117 Å². The Balaban J connectivity index is 1.36. The minimum absolute atomic E-state index is 0.0344. The Bertz CT molecular complexity index is 1070. The second-order valence-electron chi connectivity index (χ2n) is 13.8. The third-order valence-corrected chi connectivity index (χ3v) is 12.0. The van der Waals surface area contributed by atoms with E-state index < -0.39 is 11.6 Å². The van der Waals surface area contributed by atoms with Crippen LogP contribution in [0.2, 0.25) is 0 Å². The van der Waals surface area contributed by atoms with Gasteiger partial charge in [0.2, 0.25) is 5.91 Å². The zero-order valence-corrected chi connectivity index (χ0v) is 23.7. The number of nitrogens with two attached hydrogens (primary N) is 1. The van der Waals surface area contributed by atoms with Crippen LogP contribution < -0.4 is 11.4 Å². The van der Waals surface area contributed by atoms with Gasteiger partial charge in [0, 0.05) is 24.1 Å². The molecule has 7 nitrogen and oxygen atoms in total. The zero-order chi connectivity index (χ0) is 27.5. The van der Waals surface area contributed by atoms with Crippen LogP contribution in [0.25, 0.3) is 0 Å². The van der Waals surface area contributed by atoms with Crippen molar-refractivity contribution in [2.45, 2.75) is 109 Å². The second kappa shape index (κ2) is 10.0. The molecule has 1 heterocycles. The number of fused-ring (bicyclic) bond motifs is 5. The monoisotopic (exact) mass is 528 g/mol. The van der Waals surface area contributed by atoms with Crippen molar-refractivity contribution in [2.24, 2.45) is 40.2 Å². The summed E-state index contributed by atoms with van der Waals surface area (Å²) < 4.78 is 5.22. The Kier molecular flexibility index (Phi) is 7.36. The summed E-state index contributed by atoms with van der Waals surface area (Å²) in [6.45, 7) is 8.97. The summed E-state index contributed by atoms with van der Waals surface area (Å²) in [4.78, 5) is 26.7. The summed E-state index contributed by atoms with van der Waals surface area (Å²) >= 11 is 0. The number of carbonyl (C=O) groups is 1. The van der Waals surface area contributed by atoms with Gasteiger partial charge in [0.1, 0.15) is 0 Å². The quantitative estimate of drug-likeness (QED) is 0.513. The van der Waals surface area contributed by atoms with Crippen LogP contribution in [-0.4, -0.2) is 51.9 Å². The van der Waals surface area contributed by atoms with Crippen LogP contribution in [0.1, 0.15) is 97.0 Å². The van der Waals surface area contributed by atoms with E-state index in [-0.39, 0.29) is 52.8 Å². The van der Waals surface area contributed by atoms with E-state index in [0.29, 0.717) is 18.4 Å². The molecule has 1 amide bonds. The first-order valence-corrected chi connectivity index (χ1v) is 14.9. The average molecular weight is 529 g/mol. The number of hydrogen-bond acceptors (Lipinski definition) is 6. The largest absolute Gasteiger partial charge is 0.431 e. The lowest BCUT2D eigenvalue weighted by atomic mass is 9.43. The third-order valence-electron chi connectivity index (χ3n) is 12.0. The maximum absolute atomic E-state index is 13.2. The fourth-order valence-electron chi connectivity index (χ4n) is 9.64. The second-order valence-corrected chi connectivity index (χ2v) is 13.8. The number of nitrogens with zero attached hydrogens (tertiary/aromatic N) is 1. The van der Waals surface area contributed by atoms with Crippen LogP contribution in [-0.2, 0) is 4.79 Å². The van der Waals surface area contributed by atoms with Crippen LogP contribution in [0.3, 0.4) is 0 Å². The first-order valence-electron chi connectivity index (χ1n) is 14.9. The fraction of sp³-hybridized carbons (Fsp3) is 0.806. The molecule has 212 valence electrons. The SMILES string of the molecule is CC(C)[C@@H](N)C(=O)N(CCO)[C@H]1CC[C@@]2(C)[C@H](CC[C@@H]3[C@@H]2CC[C@]2(C)[C@@H](c4ccc(=O)oc4)CC[C@]32O)C1. The summed E-state index contributed by atoms with van der Waals surface area (Å²) in [7, 11) is 0. The first-order chi connectivity index (χ1) is 18.0. The summed E-state index contributed by atoms with van der Waals surface area (Å²) in [6, 6.07) is 2.98. The molecule has 0 aliphatic heterocycles. The van der Waals surface area contributed by atoms with Gasteiger partial charge >= 0.3 is 5.63 Å². The van der Waals surface area contributed by atoms with E-state index >= 15 is 0 Å². The zero-order valence-electron chi connectivity index (χ0n) is 23.7. The highest BCUT2D eigenvalue weighted by molar-refractivity contribution is 5.82. The predicted octanol–water partition coefficient (Wildman–Crippen LogP) is 4.05. The molecular formula is C31H48N2O5. The summed E-state index contributed by atoms with van der Waals surface area (Å²) in [5, 5.41) is 22.2. The highest BCUT2D eigenvalue weighted by Crippen LogP contribution is 2.70. The molecule has 5 rings (SSSR count). The Labute approximate surface area is 227 Å². The normalized spacial score (nSPS) is 41.2. The molecule has 0 radical (unpaired) electrons. The summed E-state index contributed by atoms with van der Waals surface area (Å²) in [5.41, 5.74) is 6.16. The van der Waals surface area contributed by atoms with E-state index in [2.05, 4.69) is 13.8 Å². The molecule has 0 saturated heterocycles. The number of rotatable bonds is 6. The molecule has 0 bridgehead atoms. The van der Waals surface area contributed by atoms with Crippen LogP contribution in [0.15, 0.2) is 27.6 Å². The van der Waals surface area contributed by atoms with Gasteiger partial charge in [-0.3, -0.25) is 4.79 Å². The van der Waals surface area contributed by atoms with E-state index in [1.165, 1.54) is 6.07 Å². The van der Waals surface area contributed by atoms with Gasteiger partial charge in [-0.25, -0.2) is 4.79 Å². The molecule has 38 heavy (non-hydrogen) atoms. The minimum atomic E-state index is -0.718. The molecule has 4 N–H and O–H groups in total. The number of aliphatic hydroxyl groups excluding tert-OH is 1. The Hall–Kier alpha value is -1.70. The molecular weight excluding hydrogens is 480 g/mol. The van der Waals surface area contributed by atoms with Crippen molar-refractivity contribution in [1.29, 1.82) is 0 Å². The lowest BCUT2D eigenvalue weighted by molar-refractivity contribution is -0.204. The lowest BCUT2D eigenvalue weighted by Crippen LogP contribution is -2.63. The molecule has 4 aliphatic carbocycles. The van der Waals surface area contributed by atoms with Gasteiger partial charge in [-0.05, 0) is 104 Å². The van der Waals surface area contributed by atoms with E-state index in [9.17, 15) is 19.8 Å². The predicted molar refractivity (Wildman–Crippen MR) is 146 cm³/mol. The standard InChI is InChI=1S/C31H48N2O5/c1-19(2)27(32)28(36)33(15-16-34)22-9-12-29(3)21(17-22)6-7-25-24(29)10-13-30(4)23(11-14-31(25,30)37)20-5-8-26(35)38-18-20/h5,8,18-19,21-25,27,34,37H,6-7,9-17,32H2,1-4H3/t21-,22+,23-,24+,25-,27-,29+,30-,31+/m1/s1. The van der Waals surface area contributed by atoms with Crippen molar-refractivity contribution in [3.63, 3.8) is 0 Å². The number of carbonyl (C=O) groups excluding carboxylic acids is 1. The molecule has 4 fully saturated rings. The first kappa shape index (κ1) is 27.9. The molecule has 1 aromatic heterocycles. The van der Waals surface area contributed by atoms with E-state index in [1.54, 1.807) is 6.26 Å². The molecule has 0 spiro atoms. The minimum Gasteiger partial charge on any atom is -0.431 e. The number of hydrogen-bond donors (Lipinski definition) is 3. The van der Waals surface area contributed by atoms with Crippen molar-refractivity contribution in [2.75, 3.05) is 13.2 Å². The van der Waals surface area contributed by atoms with Crippen molar-refractivity contribution in [3.8, 4) is 0 Å². The van der Waals surface area contributed by atoms with Crippen LogP contribution in [0, 0.1) is 34.5 Å². The highest BCUT2D eigenvalue weighted by Gasteiger charge is 2.67. The van der Waals surface area contributed by atoms with Gasteiger partial charge in [0.05, 0.1) is 24.5 Å².